The maximum Gasteiger partial charge on any atom is 0.193 e. The van der Waals surface area contributed by atoms with Gasteiger partial charge in [0.25, 0.3) is 0 Å². The van der Waals surface area contributed by atoms with Gasteiger partial charge < -0.3 is 0 Å². The molecule has 1 heterocycles. The number of aromatic nitrogens is 1. The molecule has 3 rings (SSSR count). The molecule has 0 amide bonds. The van der Waals surface area contributed by atoms with E-state index in [1.165, 1.54) is 0 Å². The Kier molecular flexibility index (Phi) is 3.68. The number of benzene rings is 2. The normalized spacial score (nSPS) is 10.7. The first-order chi connectivity index (χ1) is 9.65. The van der Waals surface area contributed by atoms with Crippen LogP contribution in [0.2, 0.25) is 0 Å². The first-order valence-corrected chi connectivity index (χ1v) is 7.57. The summed E-state index contributed by atoms with van der Waals surface area (Å²) in [6, 6.07) is 13.1. The zero-order valence-electron chi connectivity index (χ0n) is 10.3. The minimum absolute atomic E-state index is 0.00352. The number of hydrogen-bond donors (Lipinski definition) is 0. The average molecular weight is 391 g/mol. The van der Waals surface area contributed by atoms with Crippen molar-refractivity contribution in [1.29, 1.82) is 0 Å². The van der Waals surface area contributed by atoms with Crippen molar-refractivity contribution < 1.29 is 4.79 Å². The van der Waals surface area contributed by atoms with E-state index in [-0.39, 0.29) is 5.78 Å². The molecule has 0 atom stereocenters. The first kappa shape index (κ1) is 13.5. The van der Waals surface area contributed by atoms with E-state index in [0.717, 1.165) is 19.7 Å². The van der Waals surface area contributed by atoms with Crippen molar-refractivity contribution in [2.45, 2.75) is 0 Å². The van der Waals surface area contributed by atoms with Crippen LogP contribution >= 0.6 is 31.9 Å². The van der Waals surface area contributed by atoms with Crippen LogP contribution in [0, 0.1) is 0 Å². The highest BCUT2D eigenvalue weighted by molar-refractivity contribution is 9.11. The predicted octanol–water partition coefficient (Wildman–Crippen LogP) is 4.99. The second kappa shape index (κ2) is 5.46. The van der Waals surface area contributed by atoms with Crippen molar-refractivity contribution in [1.82, 2.24) is 4.98 Å². The molecule has 0 N–H and O–H groups in total. The Bertz CT molecular complexity index is 789. The Hall–Kier alpha value is -1.52. The minimum atomic E-state index is 0.00352. The van der Waals surface area contributed by atoms with Gasteiger partial charge in [-0.15, -0.1) is 0 Å². The number of ketones is 1. The van der Waals surface area contributed by atoms with Crippen molar-refractivity contribution >= 4 is 48.4 Å². The summed E-state index contributed by atoms with van der Waals surface area (Å²) in [4.78, 5) is 16.8. The molecule has 0 saturated heterocycles. The molecule has 0 saturated carbocycles. The predicted molar refractivity (Wildman–Crippen MR) is 87.0 cm³/mol. The number of fused-ring (bicyclic) bond motifs is 1. The molecule has 0 fully saturated rings. The van der Waals surface area contributed by atoms with E-state index in [0.29, 0.717) is 11.1 Å². The molecule has 0 radical (unpaired) electrons. The number of carbonyl (C=O) groups is 1. The highest BCUT2D eigenvalue weighted by Gasteiger charge is 2.13. The molecular weight excluding hydrogens is 382 g/mol. The van der Waals surface area contributed by atoms with Crippen LogP contribution in [-0.4, -0.2) is 10.8 Å². The summed E-state index contributed by atoms with van der Waals surface area (Å²) < 4.78 is 1.74. The number of hydrogen-bond acceptors (Lipinski definition) is 2. The SMILES string of the molecule is O=C(c1cc(Br)cc(Br)c1)c1cccc2cnccc12. The van der Waals surface area contributed by atoms with Gasteiger partial charge in [-0.05, 0) is 29.7 Å². The Morgan fingerprint density at radius 3 is 2.50 bits per heavy atom. The van der Waals surface area contributed by atoms with Crippen LogP contribution in [0.15, 0.2) is 63.8 Å². The van der Waals surface area contributed by atoms with Crippen LogP contribution in [-0.2, 0) is 0 Å². The van der Waals surface area contributed by atoms with Gasteiger partial charge in [0.15, 0.2) is 5.78 Å². The highest BCUT2D eigenvalue weighted by atomic mass is 79.9. The molecule has 0 aliphatic heterocycles. The van der Waals surface area contributed by atoms with E-state index in [2.05, 4.69) is 36.8 Å². The fourth-order valence-corrected chi connectivity index (χ4v) is 3.45. The van der Waals surface area contributed by atoms with Gasteiger partial charge in [0.05, 0.1) is 0 Å². The monoisotopic (exact) mass is 389 g/mol. The fraction of sp³-hybridized carbons (Fsp3) is 0. The van der Waals surface area contributed by atoms with Gasteiger partial charge in [0, 0.05) is 37.9 Å². The summed E-state index contributed by atoms with van der Waals surface area (Å²) >= 11 is 6.82. The second-order valence-electron chi connectivity index (χ2n) is 4.39. The number of pyridine rings is 1. The third-order valence-electron chi connectivity index (χ3n) is 3.05. The second-order valence-corrected chi connectivity index (χ2v) is 6.22. The smallest absolute Gasteiger partial charge is 0.193 e. The first-order valence-electron chi connectivity index (χ1n) is 5.99. The lowest BCUT2D eigenvalue weighted by molar-refractivity contribution is 0.104. The number of carbonyl (C=O) groups excluding carboxylic acids is 1. The molecule has 4 heteroatoms. The van der Waals surface area contributed by atoms with Crippen LogP contribution in [0.3, 0.4) is 0 Å². The maximum absolute atomic E-state index is 12.7. The number of halogens is 2. The Morgan fingerprint density at radius 1 is 1.00 bits per heavy atom. The molecule has 0 unspecified atom stereocenters. The van der Waals surface area contributed by atoms with Gasteiger partial charge in [0.1, 0.15) is 0 Å². The molecule has 2 nitrogen and oxygen atoms in total. The van der Waals surface area contributed by atoms with Crippen molar-refractivity contribution in [3.05, 3.63) is 74.9 Å². The van der Waals surface area contributed by atoms with Crippen LogP contribution in [0.1, 0.15) is 15.9 Å². The van der Waals surface area contributed by atoms with Gasteiger partial charge >= 0.3 is 0 Å². The summed E-state index contributed by atoms with van der Waals surface area (Å²) in [5, 5.41) is 1.89. The lowest BCUT2D eigenvalue weighted by Gasteiger charge is -2.06. The maximum atomic E-state index is 12.7. The van der Waals surface area contributed by atoms with Gasteiger partial charge in [-0.2, -0.15) is 0 Å². The van der Waals surface area contributed by atoms with E-state index >= 15 is 0 Å². The van der Waals surface area contributed by atoms with Gasteiger partial charge in [-0.3, -0.25) is 9.78 Å². The number of nitrogens with zero attached hydrogens (tertiary/aromatic N) is 1. The van der Waals surface area contributed by atoms with Crippen molar-refractivity contribution in [3.63, 3.8) is 0 Å². The molecule has 3 aromatic rings. The summed E-state index contributed by atoms with van der Waals surface area (Å²) in [5.74, 6) is 0.00352. The third kappa shape index (κ3) is 2.53. The lowest BCUT2D eigenvalue weighted by atomic mass is 9.98. The van der Waals surface area contributed by atoms with Gasteiger partial charge in [0.2, 0.25) is 0 Å². The Balaban J connectivity index is 2.17. The summed E-state index contributed by atoms with van der Waals surface area (Å²) in [6.07, 6.45) is 3.47. The van der Waals surface area contributed by atoms with E-state index < -0.39 is 0 Å². The van der Waals surface area contributed by atoms with Crippen molar-refractivity contribution in [2.24, 2.45) is 0 Å². The van der Waals surface area contributed by atoms with Crippen LogP contribution in [0.4, 0.5) is 0 Å². The quantitative estimate of drug-likeness (QED) is 0.577. The zero-order valence-corrected chi connectivity index (χ0v) is 13.5. The van der Waals surface area contributed by atoms with E-state index in [1.54, 1.807) is 12.4 Å². The topological polar surface area (TPSA) is 30.0 Å². The average Bonchev–Trinajstić information content (AvgIpc) is 2.45. The lowest BCUT2D eigenvalue weighted by Crippen LogP contribution is -2.02. The molecule has 1 aromatic heterocycles. The molecule has 20 heavy (non-hydrogen) atoms. The third-order valence-corrected chi connectivity index (χ3v) is 3.97. The summed E-state index contributed by atoms with van der Waals surface area (Å²) in [5.41, 5.74) is 1.34. The van der Waals surface area contributed by atoms with Crippen molar-refractivity contribution in [3.8, 4) is 0 Å². The van der Waals surface area contributed by atoms with Gasteiger partial charge in [-0.1, -0.05) is 50.1 Å². The molecule has 0 bridgehead atoms. The van der Waals surface area contributed by atoms with Crippen LogP contribution in [0.25, 0.3) is 10.8 Å². The van der Waals surface area contributed by atoms with E-state index in [1.807, 2.05) is 42.5 Å². The standard InChI is InChI=1S/C16H9Br2NO/c17-12-6-11(7-13(18)8-12)16(20)15-3-1-2-10-9-19-5-4-14(10)15/h1-9H. The molecule has 0 aliphatic rings. The van der Waals surface area contributed by atoms with Gasteiger partial charge in [-0.25, -0.2) is 0 Å². The molecule has 0 spiro atoms. The van der Waals surface area contributed by atoms with E-state index in [9.17, 15) is 4.79 Å². The van der Waals surface area contributed by atoms with Crippen LogP contribution in [0.5, 0.6) is 0 Å². The van der Waals surface area contributed by atoms with E-state index in [4.69, 9.17) is 0 Å². The Morgan fingerprint density at radius 2 is 1.75 bits per heavy atom. The van der Waals surface area contributed by atoms with Crippen LogP contribution < -0.4 is 0 Å². The number of rotatable bonds is 2. The summed E-state index contributed by atoms with van der Waals surface area (Å²) in [7, 11) is 0. The molecule has 2 aromatic carbocycles. The summed E-state index contributed by atoms with van der Waals surface area (Å²) in [6.45, 7) is 0. The molecule has 98 valence electrons. The zero-order chi connectivity index (χ0) is 14.1. The Labute approximate surface area is 133 Å². The largest absolute Gasteiger partial charge is 0.289 e. The molecular formula is C16H9Br2NO. The van der Waals surface area contributed by atoms with Crippen molar-refractivity contribution in [2.75, 3.05) is 0 Å². The molecule has 0 aliphatic carbocycles. The highest BCUT2D eigenvalue weighted by Crippen LogP contribution is 2.25. The fourth-order valence-electron chi connectivity index (χ4n) is 2.16. The minimum Gasteiger partial charge on any atom is -0.289 e.